The fourth-order valence-corrected chi connectivity index (χ4v) is 5.30. The van der Waals surface area contributed by atoms with Crippen LogP contribution in [-0.2, 0) is 14.3 Å². The molecule has 0 heterocycles. The van der Waals surface area contributed by atoms with E-state index in [0.29, 0.717) is 25.8 Å². The van der Waals surface area contributed by atoms with Gasteiger partial charge < -0.3 is 20.5 Å². The van der Waals surface area contributed by atoms with Crippen LogP contribution in [0, 0.1) is 17.8 Å². The molecule has 5 rings (SSSR count). The highest BCUT2D eigenvalue weighted by atomic mass is 16.5. The van der Waals surface area contributed by atoms with E-state index in [2.05, 4.69) is 34.9 Å². The minimum atomic E-state index is -0.789. The van der Waals surface area contributed by atoms with Gasteiger partial charge in [-0.25, -0.2) is 4.79 Å². The van der Waals surface area contributed by atoms with E-state index in [-0.39, 0.29) is 42.2 Å². The quantitative estimate of drug-likeness (QED) is 0.601. The molecule has 0 saturated heterocycles. The van der Waals surface area contributed by atoms with Gasteiger partial charge in [-0.2, -0.15) is 0 Å². The van der Waals surface area contributed by atoms with E-state index in [9.17, 15) is 14.4 Å². The third-order valence-electron chi connectivity index (χ3n) is 7.24. The van der Waals surface area contributed by atoms with Crippen molar-refractivity contribution in [3.8, 4) is 11.1 Å². The zero-order valence-electron chi connectivity index (χ0n) is 18.3. The molecule has 2 amide bonds. The van der Waals surface area contributed by atoms with Crippen LogP contribution in [0.4, 0.5) is 4.79 Å². The van der Waals surface area contributed by atoms with Crippen LogP contribution in [0.3, 0.4) is 0 Å². The number of hydrogen-bond donors (Lipinski definition) is 3. The Bertz CT molecular complexity index is 1040. The maximum Gasteiger partial charge on any atom is 0.407 e. The van der Waals surface area contributed by atoms with Gasteiger partial charge in [-0.3, -0.25) is 9.59 Å². The van der Waals surface area contributed by atoms with Gasteiger partial charge in [0.1, 0.15) is 6.61 Å². The van der Waals surface area contributed by atoms with Gasteiger partial charge in [-0.15, -0.1) is 0 Å². The highest BCUT2D eigenvalue weighted by Crippen LogP contribution is 2.44. The predicted octanol–water partition coefficient (Wildman–Crippen LogP) is 3.53. The number of nitrogens with one attached hydrogen (secondary N) is 2. The number of carboxylic acids is 1. The highest BCUT2D eigenvalue weighted by molar-refractivity contribution is 5.82. The molecule has 3 N–H and O–H groups in total. The number of carbonyl (C=O) groups is 3. The lowest BCUT2D eigenvalue weighted by Crippen LogP contribution is -2.35. The molecule has 2 aromatic carbocycles. The standard InChI is InChI=1S/C26H28N2O5/c29-24(28-17-10-9-15(11-17)25(30)31)22-12-16(22)13-27-26(32)33-14-23-20-7-3-1-5-18(20)19-6-2-4-8-21(19)23/h1-8,15-17,22-23H,9-14H2,(H,27,32)(H,28,29)(H,30,31). The lowest BCUT2D eigenvalue weighted by Gasteiger charge is -2.15. The zero-order valence-corrected chi connectivity index (χ0v) is 18.3. The lowest BCUT2D eigenvalue weighted by atomic mass is 9.98. The normalized spacial score (nSPS) is 25.1. The van der Waals surface area contributed by atoms with Crippen molar-refractivity contribution in [3.63, 3.8) is 0 Å². The molecule has 172 valence electrons. The van der Waals surface area contributed by atoms with Crippen molar-refractivity contribution in [1.29, 1.82) is 0 Å². The third kappa shape index (κ3) is 4.45. The summed E-state index contributed by atoms with van der Waals surface area (Å²) in [4.78, 5) is 35.8. The summed E-state index contributed by atoms with van der Waals surface area (Å²) in [5, 5.41) is 14.9. The van der Waals surface area contributed by atoms with Gasteiger partial charge in [0.15, 0.2) is 0 Å². The monoisotopic (exact) mass is 448 g/mol. The third-order valence-corrected chi connectivity index (χ3v) is 7.24. The predicted molar refractivity (Wildman–Crippen MR) is 122 cm³/mol. The minimum absolute atomic E-state index is 0.0173. The maximum absolute atomic E-state index is 12.4. The van der Waals surface area contributed by atoms with Crippen LogP contribution in [0.2, 0.25) is 0 Å². The van der Waals surface area contributed by atoms with Gasteiger partial charge in [0, 0.05) is 24.4 Å². The number of aliphatic carboxylic acids is 1. The van der Waals surface area contributed by atoms with E-state index in [0.717, 1.165) is 6.42 Å². The average Bonchev–Trinajstić information content (AvgIpc) is 3.33. The first-order chi connectivity index (χ1) is 16.0. The van der Waals surface area contributed by atoms with Crippen molar-refractivity contribution >= 4 is 18.0 Å². The SMILES string of the molecule is O=C(NCC1CC1C(=O)NC1CCC(C(=O)O)C1)OCC1c2ccccc2-c2ccccc21. The summed E-state index contributed by atoms with van der Waals surface area (Å²) < 4.78 is 5.55. The largest absolute Gasteiger partial charge is 0.481 e. The van der Waals surface area contributed by atoms with Gasteiger partial charge in [0.05, 0.1) is 5.92 Å². The molecule has 0 bridgehead atoms. The number of benzene rings is 2. The van der Waals surface area contributed by atoms with E-state index in [1.165, 1.54) is 22.3 Å². The van der Waals surface area contributed by atoms with E-state index in [1.807, 2.05) is 24.3 Å². The Morgan fingerprint density at radius 2 is 1.61 bits per heavy atom. The smallest absolute Gasteiger partial charge is 0.407 e. The van der Waals surface area contributed by atoms with Crippen molar-refractivity contribution in [2.45, 2.75) is 37.6 Å². The van der Waals surface area contributed by atoms with E-state index in [1.54, 1.807) is 0 Å². The molecule has 4 atom stereocenters. The molecular weight excluding hydrogens is 420 g/mol. The van der Waals surface area contributed by atoms with Crippen molar-refractivity contribution in [2.24, 2.45) is 17.8 Å². The molecular formula is C26H28N2O5. The van der Waals surface area contributed by atoms with Crippen LogP contribution in [0.15, 0.2) is 48.5 Å². The number of hydrogen-bond acceptors (Lipinski definition) is 4. The van der Waals surface area contributed by atoms with E-state index in [4.69, 9.17) is 9.84 Å². The second-order valence-corrected chi connectivity index (χ2v) is 9.36. The van der Waals surface area contributed by atoms with Crippen LogP contribution in [0.25, 0.3) is 11.1 Å². The highest BCUT2D eigenvalue weighted by Gasteiger charge is 2.44. The first kappa shape index (κ1) is 21.5. The molecule has 2 fully saturated rings. The molecule has 0 aliphatic heterocycles. The number of carbonyl (C=O) groups excluding carboxylic acids is 2. The summed E-state index contributed by atoms with van der Waals surface area (Å²) >= 11 is 0. The van der Waals surface area contributed by atoms with E-state index < -0.39 is 12.1 Å². The first-order valence-electron chi connectivity index (χ1n) is 11.6. The van der Waals surface area contributed by atoms with Crippen LogP contribution < -0.4 is 10.6 Å². The van der Waals surface area contributed by atoms with Crippen LogP contribution in [0.5, 0.6) is 0 Å². The number of fused-ring (bicyclic) bond motifs is 3. The molecule has 2 aromatic rings. The van der Waals surface area contributed by atoms with Crippen LogP contribution >= 0.6 is 0 Å². The van der Waals surface area contributed by atoms with Crippen molar-refractivity contribution in [3.05, 3.63) is 59.7 Å². The molecule has 7 nitrogen and oxygen atoms in total. The Morgan fingerprint density at radius 1 is 0.939 bits per heavy atom. The molecule has 0 spiro atoms. The fourth-order valence-electron chi connectivity index (χ4n) is 5.30. The van der Waals surface area contributed by atoms with Gasteiger partial charge in [-0.05, 0) is 53.9 Å². The van der Waals surface area contributed by atoms with Crippen LogP contribution in [0.1, 0.15) is 42.7 Å². The number of rotatable bonds is 7. The molecule has 3 aliphatic rings. The van der Waals surface area contributed by atoms with Gasteiger partial charge in [0.2, 0.25) is 5.91 Å². The second kappa shape index (κ2) is 8.89. The summed E-state index contributed by atoms with van der Waals surface area (Å²) in [6.07, 6.45) is 2.07. The number of carboxylic acid groups (broad SMARTS) is 1. The Labute approximate surface area is 192 Å². The van der Waals surface area contributed by atoms with E-state index >= 15 is 0 Å². The summed E-state index contributed by atoms with van der Waals surface area (Å²) in [6.45, 7) is 0.665. The summed E-state index contributed by atoms with van der Waals surface area (Å²) in [5.74, 6) is -1.19. The molecule has 3 aliphatic carbocycles. The number of amides is 2. The fraction of sp³-hybridized carbons (Fsp3) is 0.423. The number of ether oxygens (including phenoxy) is 1. The topological polar surface area (TPSA) is 105 Å². The molecule has 0 radical (unpaired) electrons. The zero-order chi connectivity index (χ0) is 22.9. The molecule has 2 saturated carbocycles. The van der Waals surface area contributed by atoms with Crippen molar-refractivity contribution < 1.29 is 24.2 Å². The van der Waals surface area contributed by atoms with Gasteiger partial charge in [0.25, 0.3) is 0 Å². The van der Waals surface area contributed by atoms with Crippen molar-refractivity contribution in [2.75, 3.05) is 13.2 Å². The molecule has 33 heavy (non-hydrogen) atoms. The minimum Gasteiger partial charge on any atom is -0.481 e. The first-order valence-corrected chi connectivity index (χ1v) is 11.6. The second-order valence-electron chi connectivity index (χ2n) is 9.36. The number of alkyl carbamates (subject to hydrolysis) is 1. The molecule has 7 heteroatoms. The van der Waals surface area contributed by atoms with Crippen molar-refractivity contribution in [1.82, 2.24) is 10.6 Å². The maximum atomic E-state index is 12.4. The Hall–Kier alpha value is -3.35. The molecule has 0 aromatic heterocycles. The molecule has 4 unspecified atom stereocenters. The Balaban J connectivity index is 1.07. The summed E-state index contributed by atoms with van der Waals surface area (Å²) in [6, 6.07) is 16.3. The summed E-state index contributed by atoms with van der Waals surface area (Å²) in [5.41, 5.74) is 4.71. The lowest BCUT2D eigenvalue weighted by molar-refractivity contribution is -0.141. The van der Waals surface area contributed by atoms with Crippen LogP contribution in [-0.4, -0.2) is 42.3 Å². The summed E-state index contributed by atoms with van der Waals surface area (Å²) in [7, 11) is 0. The van der Waals surface area contributed by atoms with Gasteiger partial charge in [-0.1, -0.05) is 48.5 Å². The Morgan fingerprint density at radius 3 is 2.24 bits per heavy atom. The average molecular weight is 449 g/mol. The van der Waals surface area contributed by atoms with Gasteiger partial charge >= 0.3 is 12.1 Å². The Kier molecular flexibility index (Phi) is 5.79.